The number of imidazole rings is 2. The first-order valence-electron chi connectivity index (χ1n) is 19.1. The second-order valence-corrected chi connectivity index (χ2v) is 23.1. The minimum atomic E-state index is -1.29. The average Bonchev–Trinajstić information content (AvgIpc) is 3.91. The molecule has 290 valence electrons. The molecule has 2 saturated heterocycles. The van der Waals surface area contributed by atoms with Gasteiger partial charge < -0.3 is 23.8 Å². The number of likely N-dealkylation sites (tertiary alicyclic amines) is 2. The number of aromatic nitrogens is 6. The highest BCUT2D eigenvalue weighted by molar-refractivity contribution is 6.76. The number of hydrogen-bond donors (Lipinski definition) is 1. The minimum Gasteiger partial charge on any atom is -0.444 e. The zero-order chi connectivity index (χ0) is 38.8. The van der Waals surface area contributed by atoms with Crippen LogP contribution >= 0.6 is 0 Å². The molecule has 0 bridgehead atoms. The Kier molecular flexibility index (Phi) is 11.3. The van der Waals surface area contributed by atoms with Crippen molar-refractivity contribution in [1.29, 1.82) is 0 Å². The van der Waals surface area contributed by atoms with Gasteiger partial charge in [0, 0.05) is 33.3 Å². The second kappa shape index (κ2) is 15.7. The summed E-state index contributed by atoms with van der Waals surface area (Å²) >= 11 is 0. The van der Waals surface area contributed by atoms with Gasteiger partial charge in [0.1, 0.15) is 35.3 Å². The summed E-state index contributed by atoms with van der Waals surface area (Å²) < 4.78 is 19.7. The molecule has 0 spiro atoms. The van der Waals surface area contributed by atoms with Crippen molar-refractivity contribution in [2.24, 2.45) is 0 Å². The number of benzene rings is 1. The van der Waals surface area contributed by atoms with Crippen LogP contribution in [0.5, 0.6) is 0 Å². The van der Waals surface area contributed by atoms with E-state index in [2.05, 4.69) is 29.6 Å². The van der Waals surface area contributed by atoms with Crippen molar-refractivity contribution in [3.8, 4) is 33.9 Å². The van der Waals surface area contributed by atoms with Gasteiger partial charge in [0.25, 0.3) is 0 Å². The van der Waals surface area contributed by atoms with Crippen LogP contribution in [0.2, 0.25) is 25.7 Å². The van der Waals surface area contributed by atoms with Gasteiger partial charge in [0.2, 0.25) is 0 Å². The highest BCUT2D eigenvalue weighted by atomic mass is 28.3. The van der Waals surface area contributed by atoms with E-state index in [-0.39, 0.29) is 24.3 Å². The van der Waals surface area contributed by atoms with Crippen LogP contribution in [-0.2, 0) is 20.9 Å². The van der Waals surface area contributed by atoms with Gasteiger partial charge in [0.15, 0.2) is 0 Å². The maximum absolute atomic E-state index is 13.2. The molecule has 2 aliphatic rings. The number of nitrogens with zero attached hydrogens (tertiary/aromatic N) is 7. The molecule has 14 heteroatoms. The standard InChI is InChI=1S/C40H56N8O5Si/c1-39(2,3)52-37(49)46-18-10-12-32(46)35-43-23-30(45-35)28-16-14-27(15-17-28)29-22-42-31(24-41-29)34-25-44-36(48(34)26-51-20-21-54(7,8)9)33-13-11-19-47(33)38(50)53-40(4,5)6/h14-17,22-25,32-33H,10-13,18-21,26H2,1-9H3,(H,43,45)/t32-,33-/m0/s1. The fourth-order valence-corrected chi connectivity index (χ4v) is 7.53. The number of ether oxygens (including phenoxy) is 3. The van der Waals surface area contributed by atoms with Crippen molar-refractivity contribution in [2.75, 3.05) is 19.7 Å². The van der Waals surface area contributed by atoms with E-state index in [4.69, 9.17) is 29.2 Å². The number of amides is 2. The maximum Gasteiger partial charge on any atom is 0.410 e. The molecule has 1 aromatic carbocycles. The van der Waals surface area contributed by atoms with Gasteiger partial charge >= 0.3 is 12.2 Å². The normalized spacial score (nSPS) is 18.0. The summed E-state index contributed by atoms with van der Waals surface area (Å²) in [6.07, 6.45) is 9.90. The Balaban J connectivity index is 1.18. The van der Waals surface area contributed by atoms with Gasteiger partial charge in [-0.1, -0.05) is 43.9 Å². The van der Waals surface area contributed by atoms with Crippen molar-refractivity contribution < 1.29 is 23.8 Å². The number of carbonyl (C=O) groups is 2. The van der Waals surface area contributed by atoms with E-state index in [9.17, 15) is 9.59 Å². The van der Waals surface area contributed by atoms with E-state index < -0.39 is 19.3 Å². The quantitative estimate of drug-likeness (QED) is 0.124. The van der Waals surface area contributed by atoms with Crippen molar-refractivity contribution in [2.45, 2.75) is 123 Å². The molecule has 0 unspecified atom stereocenters. The Hall–Kier alpha value is -4.56. The lowest BCUT2D eigenvalue weighted by Gasteiger charge is -2.29. The number of carbonyl (C=O) groups excluding carboxylic acids is 2. The fraction of sp³-hybridized carbons (Fsp3) is 0.550. The van der Waals surface area contributed by atoms with Crippen LogP contribution in [0.4, 0.5) is 9.59 Å². The summed E-state index contributed by atoms with van der Waals surface area (Å²) in [5.41, 5.74) is 3.81. The van der Waals surface area contributed by atoms with Gasteiger partial charge in [-0.2, -0.15) is 0 Å². The van der Waals surface area contributed by atoms with Gasteiger partial charge in [-0.15, -0.1) is 0 Å². The number of aromatic amines is 1. The van der Waals surface area contributed by atoms with Crippen LogP contribution in [0.25, 0.3) is 33.9 Å². The molecule has 0 radical (unpaired) electrons. The third-order valence-electron chi connectivity index (χ3n) is 9.48. The van der Waals surface area contributed by atoms with Gasteiger partial charge in [0.05, 0.1) is 54.0 Å². The molecule has 0 aliphatic carbocycles. The summed E-state index contributed by atoms with van der Waals surface area (Å²) in [7, 11) is -1.29. The van der Waals surface area contributed by atoms with Crippen molar-refractivity contribution in [3.63, 3.8) is 0 Å². The molecular formula is C40H56N8O5Si. The van der Waals surface area contributed by atoms with Gasteiger partial charge in [-0.25, -0.2) is 19.6 Å². The second-order valence-electron chi connectivity index (χ2n) is 17.5. The van der Waals surface area contributed by atoms with Gasteiger partial charge in [-0.3, -0.25) is 19.8 Å². The monoisotopic (exact) mass is 756 g/mol. The lowest BCUT2D eigenvalue weighted by Crippen LogP contribution is -2.37. The average molecular weight is 757 g/mol. The summed E-state index contributed by atoms with van der Waals surface area (Å²) in [6.45, 7) is 20.5. The van der Waals surface area contributed by atoms with Crippen LogP contribution in [-0.4, -0.2) is 90.4 Å². The first-order valence-corrected chi connectivity index (χ1v) is 22.8. The fourth-order valence-electron chi connectivity index (χ4n) is 6.78. The molecule has 5 heterocycles. The third kappa shape index (κ3) is 9.56. The smallest absolute Gasteiger partial charge is 0.410 e. The van der Waals surface area contributed by atoms with Crippen molar-refractivity contribution in [3.05, 3.63) is 60.7 Å². The number of rotatable bonds is 10. The lowest BCUT2D eigenvalue weighted by atomic mass is 10.1. The molecular weight excluding hydrogens is 701 g/mol. The lowest BCUT2D eigenvalue weighted by molar-refractivity contribution is 0.0199. The van der Waals surface area contributed by atoms with Crippen LogP contribution < -0.4 is 0 Å². The Bertz CT molecular complexity index is 1900. The van der Waals surface area contributed by atoms with E-state index >= 15 is 0 Å². The van der Waals surface area contributed by atoms with E-state index in [0.717, 1.165) is 71.6 Å². The Morgan fingerprint density at radius 3 is 1.93 bits per heavy atom. The molecule has 3 aromatic heterocycles. The van der Waals surface area contributed by atoms with Crippen LogP contribution in [0, 0.1) is 0 Å². The highest BCUT2D eigenvalue weighted by Crippen LogP contribution is 2.36. The van der Waals surface area contributed by atoms with Crippen LogP contribution in [0.3, 0.4) is 0 Å². The molecule has 4 aromatic rings. The van der Waals surface area contributed by atoms with Crippen molar-refractivity contribution >= 4 is 20.3 Å². The largest absolute Gasteiger partial charge is 0.444 e. The molecule has 2 amide bonds. The number of hydrogen-bond acceptors (Lipinski definition) is 9. The molecule has 54 heavy (non-hydrogen) atoms. The summed E-state index contributed by atoms with van der Waals surface area (Å²) in [4.78, 5) is 52.2. The SMILES string of the molecule is CC(C)(C)OC(=O)N1CCC[C@H]1c1ncc(-c2ccc(-c3cnc(-c4cnc([C@@H]5CCCN5C(=O)OC(C)(C)C)n4COCC[Si](C)(C)C)cn3)cc2)[nH]1. The van der Waals surface area contributed by atoms with E-state index in [0.29, 0.717) is 32.1 Å². The molecule has 0 saturated carbocycles. The van der Waals surface area contributed by atoms with E-state index in [1.165, 1.54) is 0 Å². The van der Waals surface area contributed by atoms with E-state index in [1.54, 1.807) is 28.4 Å². The first kappa shape index (κ1) is 39.1. The van der Waals surface area contributed by atoms with Crippen LogP contribution in [0.15, 0.2) is 49.1 Å². The molecule has 2 atom stereocenters. The molecule has 2 aliphatic heterocycles. The minimum absolute atomic E-state index is 0.146. The zero-order valence-corrected chi connectivity index (χ0v) is 34.3. The Labute approximate surface area is 319 Å². The number of nitrogens with one attached hydrogen (secondary N) is 1. The Morgan fingerprint density at radius 2 is 1.33 bits per heavy atom. The first-order chi connectivity index (χ1) is 25.5. The molecule has 2 fully saturated rings. The highest BCUT2D eigenvalue weighted by Gasteiger charge is 2.37. The molecule has 13 nitrogen and oxygen atoms in total. The predicted molar refractivity (Wildman–Crippen MR) is 210 cm³/mol. The van der Waals surface area contributed by atoms with Crippen LogP contribution in [0.1, 0.15) is 91.0 Å². The Morgan fingerprint density at radius 1 is 0.759 bits per heavy atom. The summed E-state index contributed by atoms with van der Waals surface area (Å²) in [6, 6.07) is 8.76. The topological polar surface area (TPSA) is 141 Å². The predicted octanol–water partition coefficient (Wildman–Crippen LogP) is 8.85. The van der Waals surface area contributed by atoms with E-state index in [1.807, 2.05) is 76.6 Å². The maximum atomic E-state index is 13.2. The zero-order valence-electron chi connectivity index (χ0n) is 33.3. The molecule has 6 rings (SSSR count). The number of H-pyrrole nitrogens is 1. The summed E-state index contributed by atoms with van der Waals surface area (Å²) in [5.74, 6) is 1.52. The van der Waals surface area contributed by atoms with Crippen molar-refractivity contribution in [1.82, 2.24) is 39.3 Å². The molecule has 1 N–H and O–H groups in total. The summed E-state index contributed by atoms with van der Waals surface area (Å²) in [5, 5.41) is 0. The third-order valence-corrected chi connectivity index (χ3v) is 11.2. The van der Waals surface area contributed by atoms with Gasteiger partial charge in [-0.05, 0) is 78.8 Å².